The molecule has 0 aliphatic heterocycles. The van der Waals surface area contributed by atoms with Crippen LogP contribution in [-0.2, 0) is 6.54 Å². The lowest BCUT2D eigenvalue weighted by molar-refractivity contribution is 0.410. The van der Waals surface area contributed by atoms with Crippen LogP contribution < -0.4 is 10.5 Å². The van der Waals surface area contributed by atoms with E-state index in [0.717, 1.165) is 11.2 Å². The SMILES string of the molecule is COc1ccccc1-n1nnnc1SCCn1c(=O)oc2ccccc21. The lowest BCUT2D eigenvalue weighted by Crippen LogP contribution is -2.15. The van der Waals surface area contributed by atoms with Gasteiger partial charge in [-0.3, -0.25) is 4.57 Å². The Labute approximate surface area is 152 Å². The van der Waals surface area contributed by atoms with Crippen molar-refractivity contribution in [2.45, 2.75) is 11.7 Å². The Kier molecular flexibility index (Phi) is 4.44. The van der Waals surface area contributed by atoms with Gasteiger partial charge in [0.05, 0.1) is 12.6 Å². The molecule has 4 rings (SSSR count). The van der Waals surface area contributed by atoms with Gasteiger partial charge >= 0.3 is 5.76 Å². The van der Waals surface area contributed by atoms with E-state index in [1.807, 2.05) is 42.5 Å². The molecule has 26 heavy (non-hydrogen) atoms. The van der Waals surface area contributed by atoms with Crippen LogP contribution in [0.25, 0.3) is 16.8 Å². The average molecular weight is 369 g/mol. The molecule has 9 heteroatoms. The Morgan fingerprint density at radius 3 is 2.85 bits per heavy atom. The number of methoxy groups -OCH3 is 1. The molecule has 2 aromatic carbocycles. The number of ether oxygens (including phenoxy) is 1. The molecule has 0 aliphatic carbocycles. The summed E-state index contributed by atoms with van der Waals surface area (Å²) in [6.45, 7) is 0.485. The van der Waals surface area contributed by atoms with E-state index in [2.05, 4.69) is 15.5 Å². The highest BCUT2D eigenvalue weighted by Gasteiger charge is 2.14. The zero-order valence-corrected chi connectivity index (χ0v) is 14.7. The van der Waals surface area contributed by atoms with E-state index in [9.17, 15) is 4.79 Å². The fraction of sp³-hybridized carbons (Fsp3) is 0.176. The number of nitrogens with zero attached hydrogens (tertiary/aromatic N) is 5. The molecule has 2 aromatic heterocycles. The molecule has 0 saturated carbocycles. The molecule has 8 nitrogen and oxygen atoms in total. The summed E-state index contributed by atoms with van der Waals surface area (Å²) in [7, 11) is 1.60. The molecule has 0 fully saturated rings. The molecule has 0 spiro atoms. The van der Waals surface area contributed by atoms with Crippen LogP contribution in [0.1, 0.15) is 0 Å². The van der Waals surface area contributed by atoms with Crippen LogP contribution in [0.3, 0.4) is 0 Å². The third kappa shape index (κ3) is 2.97. The van der Waals surface area contributed by atoms with Crippen molar-refractivity contribution >= 4 is 22.9 Å². The van der Waals surface area contributed by atoms with Gasteiger partial charge in [0.2, 0.25) is 5.16 Å². The van der Waals surface area contributed by atoms with Crippen molar-refractivity contribution in [2.24, 2.45) is 0 Å². The zero-order valence-electron chi connectivity index (χ0n) is 13.9. The first-order valence-electron chi connectivity index (χ1n) is 7.91. The molecule has 0 bridgehead atoms. The van der Waals surface area contributed by atoms with Gasteiger partial charge in [0.15, 0.2) is 5.58 Å². The lowest BCUT2D eigenvalue weighted by Gasteiger charge is -2.09. The Bertz CT molecular complexity index is 1100. The van der Waals surface area contributed by atoms with Crippen molar-refractivity contribution in [2.75, 3.05) is 12.9 Å². The van der Waals surface area contributed by atoms with Gasteiger partial charge in [0.25, 0.3) is 0 Å². The Morgan fingerprint density at radius 1 is 1.15 bits per heavy atom. The molecule has 0 saturated heterocycles. The molecule has 0 radical (unpaired) electrons. The van der Waals surface area contributed by atoms with E-state index < -0.39 is 0 Å². The number of tetrazole rings is 1. The molecule has 4 aromatic rings. The van der Waals surface area contributed by atoms with Gasteiger partial charge in [-0.15, -0.1) is 5.10 Å². The van der Waals surface area contributed by atoms with Gasteiger partial charge < -0.3 is 9.15 Å². The fourth-order valence-corrected chi connectivity index (χ4v) is 3.49. The minimum Gasteiger partial charge on any atom is -0.494 e. The first kappa shape index (κ1) is 16.4. The highest BCUT2D eigenvalue weighted by molar-refractivity contribution is 7.99. The summed E-state index contributed by atoms with van der Waals surface area (Å²) in [6, 6.07) is 14.9. The third-order valence-corrected chi connectivity index (χ3v) is 4.77. The number of benzene rings is 2. The van der Waals surface area contributed by atoms with Crippen molar-refractivity contribution in [1.82, 2.24) is 24.8 Å². The maximum atomic E-state index is 12.0. The van der Waals surface area contributed by atoms with Crippen molar-refractivity contribution in [1.29, 1.82) is 0 Å². The zero-order chi connectivity index (χ0) is 17.9. The smallest absolute Gasteiger partial charge is 0.419 e. The van der Waals surface area contributed by atoms with Crippen LogP contribution in [0.2, 0.25) is 0 Å². The summed E-state index contributed by atoms with van der Waals surface area (Å²) in [5.41, 5.74) is 2.12. The standard InChI is InChI=1S/C17H15N5O3S/c1-24-14-8-4-3-7-13(14)22-16(18-19-20-22)26-11-10-21-12-6-2-5-9-15(12)25-17(21)23/h2-9H,10-11H2,1H3. The number of thioether (sulfide) groups is 1. The molecule has 132 valence electrons. The van der Waals surface area contributed by atoms with Crippen molar-refractivity contribution in [3.63, 3.8) is 0 Å². The minimum atomic E-state index is -0.365. The Balaban J connectivity index is 1.54. The summed E-state index contributed by atoms with van der Waals surface area (Å²) in [5.74, 6) is 0.925. The quantitative estimate of drug-likeness (QED) is 0.482. The number of hydrogen-bond donors (Lipinski definition) is 0. The number of para-hydroxylation sites is 4. The molecular formula is C17H15N5O3S. The van der Waals surface area contributed by atoms with Gasteiger partial charge in [-0.25, -0.2) is 4.79 Å². The number of aryl methyl sites for hydroxylation is 1. The Hall–Kier alpha value is -3.07. The molecule has 0 unspecified atom stereocenters. The minimum absolute atomic E-state index is 0.365. The lowest BCUT2D eigenvalue weighted by atomic mass is 10.3. The molecular weight excluding hydrogens is 354 g/mol. The summed E-state index contributed by atoms with van der Waals surface area (Å²) in [6.07, 6.45) is 0. The summed E-state index contributed by atoms with van der Waals surface area (Å²) >= 11 is 1.45. The second-order valence-electron chi connectivity index (χ2n) is 5.38. The monoisotopic (exact) mass is 369 g/mol. The van der Waals surface area contributed by atoms with Crippen LogP contribution >= 0.6 is 11.8 Å². The summed E-state index contributed by atoms with van der Waals surface area (Å²) in [5, 5.41) is 12.5. The second kappa shape index (κ2) is 7.04. The van der Waals surface area contributed by atoms with E-state index in [4.69, 9.17) is 9.15 Å². The topological polar surface area (TPSA) is 88.0 Å². The van der Waals surface area contributed by atoms with Crippen molar-refractivity contribution in [3.8, 4) is 11.4 Å². The van der Waals surface area contributed by atoms with Gasteiger partial charge in [-0.05, 0) is 34.7 Å². The summed E-state index contributed by atoms with van der Waals surface area (Å²) < 4.78 is 13.8. The molecule has 0 N–H and O–H groups in total. The van der Waals surface area contributed by atoms with Gasteiger partial charge in [0, 0.05) is 12.3 Å². The van der Waals surface area contributed by atoms with Gasteiger partial charge in [-0.1, -0.05) is 36.0 Å². The van der Waals surface area contributed by atoms with Gasteiger partial charge in [0.1, 0.15) is 11.4 Å². The number of hydrogen-bond acceptors (Lipinski definition) is 7. The molecule has 0 amide bonds. The molecule has 2 heterocycles. The largest absolute Gasteiger partial charge is 0.494 e. The second-order valence-corrected chi connectivity index (χ2v) is 6.44. The summed E-state index contributed by atoms with van der Waals surface area (Å²) in [4.78, 5) is 12.0. The van der Waals surface area contributed by atoms with E-state index >= 15 is 0 Å². The average Bonchev–Trinajstić information content (AvgIpc) is 3.26. The maximum absolute atomic E-state index is 12.0. The third-order valence-electron chi connectivity index (χ3n) is 3.87. The van der Waals surface area contributed by atoms with Gasteiger partial charge in [-0.2, -0.15) is 4.68 Å². The van der Waals surface area contributed by atoms with Crippen LogP contribution in [0.5, 0.6) is 5.75 Å². The van der Waals surface area contributed by atoms with Crippen LogP contribution in [-0.4, -0.2) is 37.6 Å². The highest BCUT2D eigenvalue weighted by Crippen LogP contribution is 2.25. The van der Waals surface area contributed by atoms with Crippen LogP contribution in [0.4, 0.5) is 0 Å². The van der Waals surface area contributed by atoms with E-state index in [1.54, 1.807) is 22.4 Å². The first-order valence-corrected chi connectivity index (χ1v) is 8.89. The highest BCUT2D eigenvalue weighted by atomic mass is 32.2. The number of rotatable bonds is 6. The van der Waals surface area contributed by atoms with Crippen molar-refractivity contribution in [3.05, 3.63) is 59.1 Å². The number of aromatic nitrogens is 5. The molecule has 0 atom stereocenters. The van der Waals surface area contributed by atoms with E-state index in [1.165, 1.54) is 11.8 Å². The maximum Gasteiger partial charge on any atom is 0.419 e. The first-order chi connectivity index (χ1) is 12.8. The molecule has 0 aliphatic rings. The predicted molar refractivity (Wildman–Crippen MR) is 96.9 cm³/mol. The van der Waals surface area contributed by atoms with E-state index in [0.29, 0.717) is 28.8 Å². The normalized spacial score (nSPS) is 11.1. The van der Waals surface area contributed by atoms with Crippen LogP contribution in [0, 0.1) is 0 Å². The number of oxazole rings is 1. The fourth-order valence-electron chi connectivity index (χ4n) is 2.68. The van der Waals surface area contributed by atoms with E-state index in [-0.39, 0.29) is 5.76 Å². The number of fused-ring (bicyclic) bond motifs is 1. The predicted octanol–water partition coefficient (Wildman–Crippen LogP) is 2.37. The van der Waals surface area contributed by atoms with Crippen LogP contribution in [0.15, 0.2) is 62.9 Å². The van der Waals surface area contributed by atoms with Crippen molar-refractivity contribution < 1.29 is 9.15 Å². The Morgan fingerprint density at radius 2 is 1.96 bits per heavy atom.